The van der Waals surface area contributed by atoms with E-state index in [0.29, 0.717) is 12.8 Å². The second-order valence-corrected chi connectivity index (χ2v) is 7.01. The molecule has 9 heteroatoms. The number of hydrogen-bond donors (Lipinski definition) is 1. The normalized spacial score (nSPS) is 21.2. The zero-order valence-corrected chi connectivity index (χ0v) is 15.6. The van der Waals surface area contributed by atoms with Crippen LogP contribution in [-0.2, 0) is 23.9 Å². The minimum atomic E-state index is -0.837. The number of carbonyl (C=O) groups is 4. The van der Waals surface area contributed by atoms with Crippen molar-refractivity contribution in [1.82, 2.24) is 4.90 Å². The minimum absolute atomic E-state index is 0.170. The van der Waals surface area contributed by atoms with Crippen molar-refractivity contribution in [3.63, 3.8) is 0 Å². The number of imide groups is 1. The van der Waals surface area contributed by atoms with Gasteiger partial charge in [0.05, 0.1) is 27.6 Å². The van der Waals surface area contributed by atoms with Gasteiger partial charge in [0.1, 0.15) is 6.54 Å². The number of anilines is 1. The van der Waals surface area contributed by atoms with Crippen molar-refractivity contribution in [3.05, 3.63) is 40.4 Å². The second-order valence-electron chi connectivity index (χ2n) is 6.23. The number of rotatable bonds is 5. The van der Waals surface area contributed by atoms with E-state index < -0.39 is 36.9 Å². The molecule has 27 heavy (non-hydrogen) atoms. The Morgan fingerprint density at radius 1 is 1.11 bits per heavy atom. The van der Waals surface area contributed by atoms with Crippen LogP contribution in [0.25, 0.3) is 0 Å². The Labute approximate surface area is 165 Å². The third-order valence-electron chi connectivity index (χ3n) is 4.48. The molecule has 1 N–H and O–H groups in total. The Balaban J connectivity index is 1.51. The highest BCUT2D eigenvalue weighted by molar-refractivity contribution is 6.44. The van der Waals surface area contributed by atoms with Crippen molar-refractivity contribution >= 4 is 52.6 Å². The predicted octanol–water partition coefficient (Wildman–Crippen LogP) is 2.43. The Kier molecular flexibility index (Phi) is 5.82. The SMILES string of the molecule is O=C(COC(=O)CN1C(=O)[C@@H]2CC=CC[C@H]2C1=O)Nc1cccc(Cl)c1Cl. The van der Waals surface area contributed by atoms with Crippen molar-refractivity contribution < 1.29 is 23.9 Å². The molecular formula is C18H16Cl2N2O5. The molecule has 1 aliphatic carbocycles. The molecule has 1 heterocycles. The van der Waals surface area contributed by atoms with E-state index in [1.807, 2.05) is 12.2 Å². The molecule has 0 aromatic heterocycles. The summed E-state index contributed by atoms with van der Waals surface area (Å²) in [7, 11) is 0. The lowest BCUT2D eigenvalue weighted by Crippen LogP contribution is -2.37. The molecule has 1 aromatic carbocycles. The van der Waals surface area contributed by atoms with E-state index in [2.05, 4.69) is 5.32 Å². The molecule has 1 fully saturated rings. The van der Waals surface area contributed by atoms with Gasteiger partial charge < -0.3 is 10.1 Å². The van der Waals surface area contributed by atoms with Gasteiger partial charge in [0.25, 0.3) is 5.91 Å². The molecule has 0 unspecified atom stereocenters. The number of likely N-dealkylation sites (tertiary alicyclic amines) is 1. The van der Waals surface area contributed by atoms with E-state index >= 15 is 0 Å². The molecule has 142 valence electrons. The number of allylic oxidation sites excluding steroid dienone is 2. The number of fused-ring (bicyclic) bond motifs is 1. The van der Waals surface area contributed by atoms with E-state index in [-0.39, 0.29) is 27.5 Å². The first-order valence-corrected chi connectivity index (χ1v) is 9.03. The molecule has 1 aliphatic heterocycles. The van der Waals surface area contributed by atoms with Crippen LogP contribution in [0.5, 0.6) is 0 Å². The van der Waals surface area contributed by atoms with Gasteiger partial charge in [0, 0.05) is 0 Å². The lowest BCUT2D eigenvalue weighted by Gasteiger charge is -2.14. The van der Waals surface area contributed by atoms with E-state index in [1.165, 1.54) is 0 Å². The van der Waals surface area contributed by atoms with Crippen molar-refractivity contribution in [3.8, 4) is 0 Å². The molecule has 0 spiro atoms. The van der Waals surface area contributed by atoms with Crippen molar-refractivity contribution in [1.29, 1.82) is 0 Å². The van der Waals surface area contributed by atoms with Crippen LogP contribution in [0.1, 0.15) is 12.8 Å². The molecule has 0 bridgehead atoms. The fourth-order valence-electron chi connectivity index (χ4n) is 3.13. The lowest BCUT2D eigenvalue weighted by molar-refractivity contribution is -0.154. The highest BCUT2D eigenvalue weighted by atomic mass is 35.5. The standard InChI is InChI=1S/C18H16Cl2N2O5/c19-12-6-3-7-13(16(12)20)21-14(23)9-27-15(24)8-22-17(25)10-4-1-2-5-11(10)18(22)26/h1-3,6-7,10-11H,4-5,8-9H2,(H,21,23)/t10-,11-/m1/s1. The molecule has 2 aliphatic rings. The van der Waals surface area contributed by atoms with Crippen LogP contribution >= 0.6 is 23.2 Å². The molecule has 3 rings (SSSR count). The van der Waals surface area contributed by atoms with E-state index in [9.17, 15) is 19.2 Å². The van der Waals surface area contributed by atoms with Gasteiger partial charge in [-0.1, -0.05) is 41.4 Å². The van der Waals surface area contributed by atoms with Gasteiger partial charge in [-0.3, -0.25) is 24.1 Å². The predicted molar refractivity (Wildman–Crippen MR) is 98.1 cm³/mol. The summed E-state index contributed by atoms with van der Waals surface area (Å²) in [4.78, 5) is 49.4. The Hall–Kier alpha value is -2.38. The summed E-state index contributed by atoms with van der Waals surface area (Å²) in [5.41, 5.74) is 0.284. The number of benzene rings is 1. The van der Waals surface area contributed by atoms with Crippen LogP contribution in [0.15, 0.2) is 30.4 Å². The van der Waals surface area contributed by atoms with Gasteiger partial charge in [0.2, 0.25) is 11.8 Å². The molecule has 0 saturated carbocycles. The van der Waals surface area contributed by atoms with Crippen LogP contribution < -0.4 is 5.32 Å². The number of nitrogens with zero attached hydrogens (tertiary/aromatic N) is 1. The molecule has 1 saturated heterocycles. The highest BCUT2D eigenvalue weighted by Gasteiger charge is 2.47. The van der Waals surface area contributed by atoms with E-state index in [4.69, 9.17) is 27.9 Å². The summed E-state index contributed by atoms with van der Waals surface area (Å²) in [5.74, 6) is -3.03. The third kappa shape index (κ3) is 4.14. The van der Waals surface area contributed by atoms with Gasteiger partial charge in [-0.15, -0.1) is 0 Å². The number of nitrogens with one attached hydrogen (secondary N) is 1. The Morgan fingerprint density at radius 2 is 1.74 bits per heavy atom. The monoisotopic (exact) mass is 410 g/mol. The van der Waals surface area contributed by atoms with Crippen molar-refractivity contribution in [2.75, 3.05) is 18.5 Å². The Bertz CT molecular complexity index is 813. The first-order valence-electron chi connectivity index (χ1n) is 8.28. The smallest absolute Gasteiger partial charge is 0.326 e. The second kappa shape index (κ2) is 8.10. The number of halogens is 2. The third-order valence-corrected chi connectivity index (χ3v) is 5.29. The number of carbonyl (C=O) groups excluding carboxylic acids is 4. The maximum absolute atomic E-state index is 12.3. The molecule has 7 nitrogen and oxygen atoms in total. The molecule has 2 atom stereocenters. The molecule has 3 amide bonds. The molecule has 1 aromatic rings. The number of ether oxygens (including phenoxy) is 1. The first-order chi connectivity index (χ1) is 12.9. The molecule has 0 radical (unpaired) electrons. The Morgan fingerprint density at radius 3 is 2.37 bits per heavy atom. The van der Waals surface area contributed by atoms with Crippen molar-refractivity contribution in [2.45, 2.75) is 12.8 Å². The quantitative estimate of drug-likeness (QED) is 0.457. The zero-order chi connectivity index (χ0) is 19.6. The van der Waals surface area contributed by atoms with E-state index in [1.54, 1.807) is 18.2 Å². The maximum Gasteiger partial charge on any atom is 0.326 e. The first kappa shape index (κ1) is 19.4. The average molecular weight is 411 g/mol. The van der Waals surface area contributed by atoms with E-state index in [0.717, 1.165) is 4.90 Å². The minimum Gasteiger partial charge on any atom is -0.454 e. The number of amides is 3. The summed E-state index contributed by atoms with van der Waals surface area (Å²) in [5, 5.41) is 2.91. The maximum atomic E-state index is 12.3. The summed E-state index contributed by atoms with van der Waals surface area (Å²) in [6, 6.07) is 4.72. The number of esters is 1. The summed E-state index contributed by atoms with van der Waals surface area (Å²) in [6.45, 7) is -1.08. The topological polar surface area (TPSA) is 92.8 Å². The van der Waals surface area contributed by atoms with Gasteiger partial charge in [-0.2, -0.15) is 0 Å². The lowest BCUT2D eigenvalue weighted by atomic mass is 9.85. The highest BCUT2D eigenvalue weighted by Crippen LogP contribution is 2.34. The fourth-order valence-corrected chi connectivity index (χ4v) is 3.48. The van der Waals surface area contributed by atoms with Gasteiger partial charge in [-0.05, 0) is 25.0 Å². The fraction of sp³-hybridized carbons (Fsp3) is 0.333. The summed E-state index contributed by atoms with van der Waals surface area (Å²) in [6.07, 6.45) is 4.70. The van der Waals surface area contributed by atoms with Crippen molar-refractivity contribution in [2.24, 2.45) is 11.8 Å². The van der Waals surface area contributed by atoms with Crippen LogP contribution in [0.3, 0.4) is 0 Å². The van der Waals surface area contributed by atoms with Crippen LogP contribution in [-0.4, -0.2) is 41.7 Å². The summed E-state index contributed by atoms with van der Waals surface area (Å²) >= 11 is 11.8. The average Bonchev–Trinajstić information content (AvgIpc) is 2.89. The largest absolute Gasteiger partial charge is 0.454 e. The number of hydrogen-bond acceptors (Lipinski definition) is 5. The molecular weight excluding hydrogens is 395 g/mol. The summed E-state index contributed by atoms with van der Waals surface area (Å²) < 4.78 is 4.87. The van der Waals surface area contributed by atoms with Gasteiger partial charge >= 0.3 is 5.97 Å². The van der Waals surface area contributed by atoms with Gasteiger partial charge in [-0.25, -0.2) is 0 Å². The van der Waals surface area contributed by atoms with Gasteiger partial charge in [0.15, 0.2) is 6.61 Å². The van der Waals surface area contributed by atoms with Crippen LogP contribution in [0, 0.1) is 11.8 Å². The van der Waals surface area contributed by atoms with Crippen LogP contribution in [0.2, 0.25) is 10.0 Å². The van der Waals surface area contributed by atoms with Crippen LogP contribution in [0.4, 0.5) is 5.69 Å². The zero-order valence-electron chi connectivity index (χ0n) is 14.1.